The Morgan fingerprint density at radius 1 is 1.31 bits per heavy atom. The number of nitro groups is 1. The van der Waals surface area contributed by atoms with Crippen LogP contribution < -0.4 is 15.0 Å². The maximum Gasteiger partial charge on any atom is 0.270 e. The Hall–Kier alpha value is -2.74. The third-order valence-electron chi connectivity index (χ3n) is 5.21. The van der Waals surface area contributed by atoms with Gasteiger partial charge in [-0.15, -0.1) is 0 Å². The summed E-state index contributed by atoms with van der Waals surface area (Å²) in [6.45, 7) is 3.92. The van der Waals surface area contributed by atoms with Gasteiger partial charge in [0.15, 0.2) is 10.8 Å². The summed E-state index contributed by atoms with van der Waals surface area (Å²) < 4.78 is 19.6. The summed E-state index contributed by atoms with van der Waals surface area (Å²) in [6, 6.07) is 10.4. The molecular weight excluding hydrogens is 357 g/mol. The molecule has 2 heterocycles. The van der Waals surface area contributed by atoms with Crippen LogP contribution in [-0.4, -0.2) is 15.8 Å². The molecule has 0 amide bonds. The standard InChI is InChI=1S/C18H16FN3O3S/c1-10-16-14-9-13(22(23)24)7-8-15(14)25-18(10,2)21(17(26)20-16)12-5-3-11(19)4-6-12/h3-10,16H,1-2H3,(H,20,26). The summed E-state index contributed by atoms with van der Waals surface area (Å²) in [4.78, 5) is 12.5. The number of thiocarbonyl (C=S) groups is 1. The van der Waals surface area contributed by atoms with Gasteiger partial charge in [-0.25, -0.2) is 4.39 Å². The van der Waals surface area contributed by atoms with Crippen LogP contribution in [0.5, 0.6) is 5.75 Å². The number of hydrogen-bond acceptors (Lipinski definition) is 4. The normalized spacial score (nSPS) is 26.6. The van der Waals surface area contributed by atoms with Crippen molar-refractivity contribution in [2.24, 2.45) is 5.92 Å². The zero-order chi connectivity index (χ0) is 18.6. The first kappa shape index (κ1) is 16.7. The molecule has 0 spiro atoms. The minimum absolute atomic E-state index is 0.0110. The number of anilines is 1. The number of halogens is 1. The zero-order valence-electron chi connectivity index (χ0n) is 14.1. The molecule has 1 N–H and O–H groups in total. The lowest BCUT2D eigenvalue weighted by molar-refractivity contribution is -0.385. The van der Waals surface area contributed by atoms with E-state index in [1.54, 1.807) is 18.2 Å². The Kier molecular flexibility index (Phi) is 3.62. The van der Waals surface area contributed by atoms with Crippen molar-refractivity contribution in [3.05, 3.63) is 64.0 Å². The smallest absolute Gasteiger partial charge is 0.270 e. The van der Waals surface area contributed by atoms with E-state index in [9.17, 15) is 14.5 Å². The first-order valence-corrected chi connectivity index (χ1v) is 8.56. The van der Waals surface area contributed by atoms with E-state index in [1.165, 1.54) is 24.3 Å². The molecule has 3 atom stereocenters. The number of nitrogens with one attached hydrogen (secondary N) is 1. The van der Waals surface area contributed by atoms with Crippen LogP contribution in [0.25, 0.3) is 0 Å². The number of non-ortho nitro benzene ring substituents is 1. The van der Waals surface area contributed by atoms with E-state index in [0.717, 1.165) is 0 Å². The summed E-state index contributed by atoms with van der Waals surface area (Å²) in [7, 11) is 0. The number of fused-ring (bicyclic) bond motifs is 4. The number of hydrogen-bond donors (Lipinski definition) is 1. The molecule has 134 valence electrons. The number of nitro benzene ring substituents is 1. The fraction of sp³-hybridized carbons (Fsp3) is 0.278. The van der Waals surface area contributed by atoms with Gasteiger partial charge >= 0.3 is 0 Å². The molecule has 2 bridgehead atoms. The Morgan fingerprint density at radius 3 is 2.65 bits per heavy atom. The second-order valence-corrected chi connectivity index (χ2v) is 7.05. The molecule has 1 fully saturated rings. The number of nitrogens with zero attached hydrogens (tertiary/aromatic N) is 2. The van der Waals surface area contributed by atoms with Gasteiger partial charge in [0, 0.05) is 29.3 Å². The average molecular weight is 373 g/mol. The molecule has 0 aliphatic carbocycles. The average Bonchev–Trinajstić information content (AvgIpc) is 2.59. The molecule has 1 saturated heterocycles. The molecule has 6 nitrogen and oxygen atoms in total. The second-order valence-electron chi connectivity index (χ2n) is 6.66. The van der Waals surface area contributed by atoms with Crippen LogP contribution in [0.3, 0.4) is 0 Å². The monoisotopic (exact) mass is 373 g/mol. The molecular formula is C18H16FN3O3S. The van der Waals surface area contributed by atoms with Crippen molar-refractivity contribution in [2.45, 2.75) is 25.6 Å². The summed E-state index contributed by atoms with van der Waals surface area (Å²) in [5, 5.41) is 14.8. The molecule has 2 aliphatic rings. The molecule has 4 rings (SSSR count). The lowest BCUT2D eigenvalue weighted by Crippen LogP contribution is -2.69. The molecule has 0 radical (unpaired) electrons. The highest BCUT2D eigenvalue weighted by Crippen LogP contribution is 2.49. The van der Waals surface area contributed by atoms with Crippen molar-refractivity contribution in [2.75, 3.05) is 4.90 Å². The molecule has 8 heteroatoms. The molecule has 0 aromatic heterocycles. The Balaban J connectivity index is 1.82. The molecule has 2 aliphatic heterocycles. The summed E-state index contributed by atoms with van der Waals surface area (Å²) in [5.41, 5.74) is 0.623. The number of ether oxygens (including phenoxy) is 1. The van der Waals surface area contributed by atoms with Gasteiger partial charge in [-0.2, -0.15) is 0 Å². The van der Waals surface area contributed by atoms with Crippen molar-refractivity contribution in [1.82, 2.24) is 5.32 Å². The van der Waals surface area contributed by atoms with E-state index in [0.29, 0.717) is 22.1 Å². The Labute approximate surface area is 154 Å². The van der Waals surface area contributed by atoms with Crippen LogP contribution in [0, 0.1) is 21.8 Å². The topological polar surface area (TPSA) is 67.6 Å². The zero-order valence-corrected chi connectivity index (χ0v) is 14.9. The van der Waals surface area contributed by atoms with Gasteiger partial charge in [-0.1, -0.05) is 6.92 Å². The molecule has 26 heavy (non-hydrogen) atoms. The summed E-state index contributed by atoms with van der Waals surface area (Å²) in [6.07, 6.45) is 0. The van der Waals surface area contributed by atoms with Crippen LogP contribution >= 0.6 is 12.2 Å². The minimum atomic E-state index is -0.812. The lowest BCUT2D eigenvalue weighted by Gasteiger charge is -2.56. The fourth-order valence-corrected chi connectivity index (χ4v) is 4.11. The molecule has 0 saturated carbocycles. The maximum atomic E-state index is 13.3. The van der Waals surface area contributed by atoms with Crippen molar-refractivity contribution in [3.63, 3.8) is 0 Å². The van der Waals surface area contributed by atoms with Crippen LogP contribution in [0.1, 0.15) is 25.5 Å². The van der Waals surface area contributed by atoms with Gasteiger partial charge in [0.2, 0.25) is 0 Å². The van der Waals surface area contributed by atoms with Gasteiger partial charge in [0.05, 0.1) is 11.0 Å². The van der Waals surface area contributed by atoms with Gasteiger partial charge in [0.1, 0.15) is 11.6 Å². The van der Waals surface area contributed by atoms with E-state index < -0.39 is 10.6 Å². The van der Waals surface area contributed by atoms with Crippen molar-refractivity contribution in [1.29, 1.82) is 0 Å². The van der Waals surface area contributed by atoms with Gasteiger partial charge in [-0.05, 0) is 49.5 Å². The molecule has 3 unspecified atom stereocenters. The largest absolute Gasteiger partial charge is 0.467 e. The van der Waals surface area contributed by atoms with E-state index in [-0.39, 0.29) is 23.5 Å². The number of benzene rings is 2. The van der Waals surface area contributed by atoms with Gasteiger partial charge < -0.3 is 10.1 Å². The second kappa shape index (κ2) is 5.63. The van der Waals surface area contributed by atoms with E-state index >= 15 is 0 Å². The fourth-order valence-electron chi connectivity index (χ4n) is 3.69. The van der Waals surface area contributed by atoms with Crippen molar-refractivity contribution in [3.8, 4) is 5.75 Å². The van der Waals surface area contributed by atoms with Crippen LogP contribution in [0.15, 0.2) is 42.5 Å². The van der Waals surface area contributed by atoms with E-state index in [1.807, 2.05) is 18.7 Å². The highest BCUT2D eigenvalue weighted by atomic mass is 32.1. The SMILES string of the molecule is CC1C2NC(=S)N(c3ccc(F)cc3)C1(C)Oc1ccc([N+](=O)[O-])cc12. The Morgan fingerprint density at radius 2 is 2.00 bits per heavy atom. The highest BCUT2D eigenvalue weighted by Gasteiger charge is 2.54. The summed E-state index contributed by atoms with van der Waals surface area (Å²) in [5.74, 6) is 0.167. The third-order valence-corrected chi connectivity index (χ3v) is 5.51. The predicted molar refractivity (Wildman–Crippen MR) is 98.6 cm³/mol. The minimum Gasteiger partial charge on any atom is -0.467 e. The summed E-state index contributed by atoms with van der Waals surface area (Å²) >= 11 is 5.54. The molecule has 2 aromatic rings. The highest BCUT2D eigenvalue weighted by molar-refractivity contribution is 7.80. The predicted octanol–water partition coefficient (Wildman–Crippen LogP) is 3.91. The lowest BCUT2D eigenvalue weighted by atomic mass is 9.80. The molecule has 2 aromatic carbocycles. The quantitative estimate of drug-likeness (QED) is 0.489. The van der Waals surface area contributed by atoms with Crippen LogP contribution in [0.4, 0.5) is 15.8 Å². The first-order valence-electron chi connectivity index (χ1n) is 8.15. The van der Waals surface area contributed by atoms with E-state index in [2.05, 4.69) is 5.32 Å². The van der Waals surface area contributed by atoms with Crippen LogP contribution in [-0.2, 0) is 0 Å². The number of rotatable bonds is 2. The first-order chi connectivity index (χ1) is 12.3. The van der Waals surface area contributed by atoms with Crippen LogP contribution in [0.2, 0.25) is 0 Å². The Bertz CT molecular complexity index is 920. The van der Waals surface area contributed by atoms with Gasteiger partial charge in [-0.3, -0.25) is 15.0 Å². The third kappa shape index (κ3) is 2.33. The van der Waals surface area contributed by atoms with Crippen molar-refractivity contribution < 1.29 is 14.1 Å². The maximum absolute atomic E-state index is 13.3. The van der Waals surface area contributed by atoms with E-state index in [4.69, 9.17) is 17.0 Å². The van der Waals surface area contributed by atoms with Gasteiger partial charge in [0.25, 0.3) is 5.69 Å². The van der Waals surface area contributed by atoms with Crippen molar-refractivity contribution >= 4 is 28.7 Å².